The number of carbonyl (C=O) groups excluding carboxylic acids is 1. The summed E-state index contributed by atoms with van der Waals surface area (Å²) < 4.78 is 5.51. The van der Waals surface area contributed by atoms with Crippen molar-refractivity contribution in [3.63, 3.8) is 0 Å². The van der Waals surface area contributed by atoms with E-state index in [0.717, 1.165) is 21.9 Å². The molecule has 0 saturated carbocycles. The molecule has 0 fully saturated rings. The molecule has 29 heavy (non-hydrogen) atoms. The normalized spacial score (nSPS) is 11.1. The Morgan fingerprint density at radius 1 is 1.14 bits per heavy atom. The molecular formula is C22H17ClN4O2. The second-order valence-corrected chi connectivity index (χ2v) is 6.72. The Kier molecular flexibility index (Phi) is 5.27. The summed E-state index contributed by atoms with van der Waals surface area (Å²) in [5.41, 5.74) is 4.99. The maximum Gasteiger partial charge on any atom is 0.289 e. The monoisotopic (exact) mass is 404 g/mol. The Labute approximate surface area is 172 Å². The van der Waals surface area contributed by atoms with Crippen LogP contribution < -0.4 is 10.2 Å². The first-order valence-electron chi connectivity index (χ1n) is 8.86. The molecule has 0 radical (unpaired) electrons. The van der Waals surface area contributed by atoms with Crippen molar-refractivity contribution in [2.24, 2.45) is 5.10 Å². The zero-order valence-corrected chi connectivity index (χ0v) is 16.3. The lowest BCUT2D eigenvalue weighted by Gasteiger charge is -2.09. The van der Waals surface area contributed by atoms with Crippen molar-refractivity contribution < 1.29 is 9.53 Å². The summed E-state index contributed by atoms with van der Waals surface area (Å²) in [6.07, 6.45) is 1.52. The summed E-state index contributed by atoms with van der Waals surface area (Å²) in [6, 6.07) is 20.7. The van der Waals surface area contributed by atoms with Crippen LogP contribution >= 0.6 is 11.6 Å². The third-order valence-corrected chi connectivity index (χ3v) is 4.65. The first-order chi connectivity index (χ1) is 14.2. The van der Waals surface area contributed by atoms with Gasteiger partial charge in [0.15, 0.2) is 0 Å². The van der Waals surface area contributed by atoms with Gasteiger partial charge in [-0.3, -0.25) is 9.89 Å². The van der Waals surface area contributed by atoms with Gasteiger partial charge in [0, 0.05) is 5.02 Å². The number of hydrogen-bond donors (Lipinski definition) is 2. The van der Waals surface area contributed by atoms with Gasteiger partial charge in [0.2, 0.25) is 0 Å². The summed E-state index contributed by atoms with van der Waals surface area (Å²) in [5, 5.41) is 13.7. The van der Waals surface area contributed by atoms with E-state index in [1.807, 2.05) is 48.5 Å². The van der Waals surface area contributed by atoms with E-state index in [2.05, 4.69) is 20.7 Å². The number of fused-ring (bicyclic) bond motifs is 1. The molecule has 0 aliphatic carbocycles. The second-order valence-electron chi connectivity index (χ2n) is 6.28. The van der Waals surface area contributed by atoms with Crippen LogP contribution in [0.5, 0.6) is 5.75 Å². The van der Waals surface area contributed by atoms with Gasteiger partial charge in [-0.1, -0.05) is 54.1 Å². The number of H-pyrrole nitrogens is 1. The molecule has 0 atom stereocenters. The van der Waals surface area contributed by atoms with Gasteiger partial charge in [-0.2, -0.15) is 10.2 Å². The van der Waals surface area contributed by atoms with E-state index in [1.54, 1.807) is 25.3 Å². The average molecular weight is 405 g/mol. The van der Waals surface area contributed by atoms with Crippen LogP contribution in [-0.2, 0) is 0 Å². The number of benzene rings is 3. The highest BCUT2D eigenvalue weighted by Crippen LogP contribution is 2.36. The Morgan fingerprint density at radius 2 is 2.00 bits per heavy atom. The van der Waals surface area contributed by atoms with E-state index in [9.17, 15) is 4.79 Å². The Bertz CT molecular complexity index is 1220. The van der Waals surface area contributed by atoms with E-state index < -0.39 is 5.91 Å². The summed E-state index contributed by atoms with van der Waals surface area (Å²) in [6.45, 7) is 0. The lowest BCUT2D eigenvalue weighted by atomic mass is 10.0. The summed E-state index contributed by atoms with van der Waals surface area (Å²) in [5.74, 6) is 0.280. The number of aromatic amines is 1. The number of methoxy groups -OCH3 is 1. The highest BCUT2D eigenvalue weighted by atomic mass is 35.5. The largest absolute Gasteiger partial charge is 0.496 e. The first-order valence-corrected chi connectivity index (χ1v) is 9.24. The van der Waals surface area contributed by atoms with Gasteiger partial charge in [-0.25, -0.2) is 5.43 Å². The topological polar surface area (TPSA) is 79.4 Å². The quantitative estimate of drug-likeness (QED) is 0.375. The van der Waals surface area contributed by atoms with E-state index in [0.29, 0.717) is 22.2 Å². The number of rotatable bonds is 5. The van der Waals surface area contributed by atoms with Crippen LogP contribution in [-0.4, -0.2) is 29.4 Å². The molecule has 0 bridgehead atoms. The molecule has 0 aliphatic rings. The number of nitrogens with zero attached hydrogens (tertiary/aromatic N) is 2. The molecule has 144 valence electrons. The van der Waals surface area contributed by atoms with Gasteiger partial charge in [0.25, 0.3) is 5.91 Å². The SMILES string of the molecule is COc1ccc2ccccc2c1-c1cc(C(=O)N/N=C/c2cccc(Cl)c2)[nH]n1. The summed E-state index contributed by atoms with van der Waals surface area (Å²) >= 11 is 5.94. The van der Waals surface area contributed by atoms with E-state index in [1.165, 1.54) is 6.21 Å². The second kappa shape index (κ2) is 8.16. The van der Waals surface area contributed by atoms with Crippen LogP contribution in [0, 0.1) is 0 Å². The van der Waals surface area contributed by atoms with Gasteiger partial charge >= 0.3 is 0 Å². The smallest absolute Gasteiger partial charge is 0.289 e. The van der Waals surface area contributed by atoms with Crippen molar-refractivity contribution in [3.05, 3.63) is 83.0 Å². The van der Waals surface area contributed by atoms with E-state index in [-0.39, 0.29) is 0 Å². The summed E-state index contributed by atoms with van der Waals surface area (Å²) in [7, 11) is 1.61. The molecular weight excluding hydrogens is 388 g/mol. The predicted octanol–water partition coefficient (Wildman–Crippen LogP) is 4.66. The van der Waals surface area contributed by atoms with Gasteiger partial charge in [0.1, 0.15) is 11.4 Å². The van der Waals surface area contributed by atoms with Crippen LogP contribution in [0.2, 0.25) is 5.02 Å². The number of hydrogen-bond acceptors (Lipinski definition) is 4. The fourth-order valence-corrected chi connectivity index (χ4v) is 3.26. The minimum atomic E-state index is -0.402. The number of nitrogens with one attached hydrogen (secondary N) is 2. The molecule has 1 aromatic heterocycles. The highest BCUT2D eigenvalue weighted by Gasteiger charge is 2.16. The average Bonchev–Trinajstić information content (AvgIpc) is 3.23. The van der Waals surface area contributed by atoms with Gasteiger partial charge in [-0.15, -0.1) is 0 Å². The predicted molar refractivity (Wildman–Crippen MR) is 115 cm³/mol. The molecule has 3 aromatic carbocycles. The zero-order chi connectivity index (χ0) is 20.2. The highest BCUT2D eigenvalue weighted by molar-refractivity contribution is 6.30. The van der Waals surface area contributed by atoms with Crippen LogP contribution in [0.3, 0.4) is 0 Å². The van der Waals surface area contributed by atoms with Gasteiger partial charge < -0.3 is 4.74 Å². The van der Waals surface area contributed by atoms with Crippen molar-refractivity contribution in [2.45, 2.75) is 0 Å². The molecule has 4 aromatic rings. The minimum Gasteiger partial charge on any atom is -0.496 e. The molecule has 1 heterocycles. The van der Waals surface area contributed by atoms with Crippen molar-refractivity contribution in [1.29, 1.82) is 0 Å². The maximum atomic E-state index is 12.4. The number of amides is 1. The lowest BCUT2D eigenvalue weighted by Crippen LogP contribution is -2.17. The molecule has 4 rings (SSSR count). The Morgan fingerprint density at radius 3 is 2.83 bits per heavy atom. The third-order valence-electron chi connectivity index (χ3n) is 4.42. The zero-order valence-electron chi connectivity index (χ0n) is 15.5. The van der Waals surface area contributed by atoms with Crippen LogP contribution in [0.15, 0.2) is 71.8 Å². The van der Waals surface area contributed by atoms with Crippen molar-refractivity contribution >= 4 is 34.5 Å². The Hall–Kier alpha value is -3.64. The van der Waals surface area contributed by atoms with Crippen LogP contribution in [0.1, 0.15) is 16.1 Å². The number of hydrazone groups is 1. The van der Waals surface area contributed by atoms with Gasteiger partial charge in [0.05, 0.1) is 24.6 Å². The standard InChI is InChI=1S/C22H17ClN4O2/c1-29-20-10-9-15-6-2-3-8-17(15)21(20)18-12-19(26-25-18)22(28)27-24-13-14-5-4-7-16(23)11-14/h2-13H,1H3,(H,25,26)(H,27,28)/b24-13+. The molecule has 0 aliphatic heterocycles. The third kappa shape index (κ3) is 3.97. The summed E-state index contributed by atoms with van der Waals surface area (Å²) in [4.78, 5) is 12.4. The molecule has 0 spiro atoms. The molecule has 0 unspecified atom stereocenters. The number of aromatic nitrogens is 2. The minimum absolute atomic E-state index is 0.290. The molecule has 0 saturated heterocycles. The molecule has 6 nitrogen and oxygen atoms in total. The van der Waals surface area contributed by atoms with Crippen molar-refractivity contribution in [1.82, 2.24) is 15.6 Å². The van der Waals surface area contributed by atoms with Crippen molar-refractivity contribution in [2.75, 3.05) is 7.11 Å². The van der Waals surface area contributed by atoms with E-state index in [4.69, 9.17) is 16.3 Å². The maximum absolute atomic E-state index is 12.4. The fraction of sp³-hybridized carbons (Fsp3) is 0.0455. The lowest BCUT2D eigenvalue weighted by molar-refractivity contribution is 0.0950. The van der Waals surface area contributed by atoms with Crippen LogP contribution in [0.25, 0.3) is 22.0 Å². The Balaban J connectivity index is 1.59. The number of carbonyl (C=O) groups is 1. The van der Waals surface area contributed by atoms with Gasteiger partial charge in [-0.05, 0) is 40.6 Å². The van der Waals surface area contributed by atoms with Crippen molar-refractivity contribution in [3.8, 4) is 17.0 Å². The van der Waals surface area contributed by atoms with Crippen LogP contribution in [0.4, 0.5) is 0 Å². The fourth-order valence-electron chi connectivity index (χ4n) is 3.06. The molecule has 1 amide bonds. The number of halogens is 1. The first kappa shape index (κ1) is 18.7. The van der Waals surface area contributed by atoms with E-state index >= 15 is 0 Å². The molecule has 7 heteroatoms. The number of ether oxygens (including phenoxy) is 1. The molecule has 2 N–H and O–H groups in total.